The van der Waals surface area contributed by atoms with Crippen LogP contribution in [0.1, 0.15) is 13.8 Å². The number of nitrogens with two attached hydrogens (primary N) is 1. The Morgan fingerprint density at radius 2 is 2.08 bits per heavy atom. The van der Waals surface area contributed by atoms with E-state index >= 15 is 0 Å². The van der Waals surface area contributed by atoms with Gasteiger partial charge in [0.25, 0.3) is 5.89 Å². The third-order valence-corrected chi connectivity index (χ3v) is 3.37. The van der Waals surface area contributed by atoms with Crippen LogP contribution in [0.15, 0.2) is 41.1 Å². The molecule has 0 amide bonds. The van der Waals surface area contributed by atoms with Crippen molar-refractivity contribution in [3.8, 4) is 28.7 Å². The fourth-order valence-corrected chi connectivity index (χ4v) is 2.30. The Morgan fingerprint density at radius 3 is 2.79 bits per heavy atom. The topological polar surface area (TPSA) is 99.1 Å². The van der Waals surface area contributed by atoms with Crippen molar-refractivity contribution in [2.75, 3.05) is 18.2 Å². The van der Waals surface area contributed by atoms with Crippen molar-refractivity contribution in [2.45, 2.75) is 19.9 Å². The van der Waals surface area contributed by atoms with Gasteiger partial charge in [-0.15, -0.1) is 0 Å². The highest BCUT2D eigenvalue weighted by Gasteiger charge is 2.16. The van der Waals surface area contributed by atoms with Crippen molar-refractivity contribution in [1.29, 1.82) is 0 Å². The van der Waals surface area contributed by atoms with Crippen LogP contribution in [0.25, 0.3) is 23.0 Å². The Balaban J connectivity index is 1.92. The number of aromatic nitrogens is 3. The minimum Gasteiger partial charge on any atom is -0.494 e. The van der Waals surface area contributed by atoms with Crippen LogP contribution in [0.5, 0.6) is 5.75 Å². The molecule has 0 atom stereocenters. The molecular formula is C17H19N5O2. The largest absolute Gasteiger partial charge is 0.494 e. The predicted octanol–water partition coefficient (Wildman–Crippen LogP) is 3.21. The summed E-state index contributed by atoms with van der Waals surface area (Å²) in [5.41, 5.74) is 8.87. The first-order valence-electron chi connectivity index (χ1n) is 7.58. The van der Waals surface area contributed by atoms with Gasteiger partial charge >= 0.3 is 0 Å². The minimum atomic E-state index is 0.297. The van der Waals surface area contributed by atoms with Crippen LogP contribution in [0, 0.1) is 0 Å². The molecule has 0 aliphatic heterocycles. The number of benzene rings is 1. The van der Waals surface area contributed by atoms with Gasteiger partial charge in [-0.1, -0.05) is 5.16 Å². The number of nitrogens with one attached hydrogen (secondary N) is 1. The summed E-state index contributed by atoms with van der Waals surface area (Å²) in [6.07, 6.45) is 1.64. The lowest BCUT2D eigenvalue weighted by molar-refractivity contribution is 0.403. The second-order valence-electron chi connectivity index (χ2n) is 5.58. The Hall–Kier alpha value is -3.09. The van der Waals surface area contributed by atoms with Crippen molar-refractivity contribution in [3.05, 3.63) is 36.5 Å². The van der Waals surface area contributed by atoms with E-state index in [1.165, 1.54) is 0 Å². The van der Waals surface area contributed by atoms with Crippen molar-refractivity contribution in [2.24, 2.45) is 0 Å². The number of nitrogen functional groups attached to an aromatic ring is 1. The van der Waals surface area contributed by atoms with E-state index in [-0.39, 0.29) is 0 Å². The molecule has 0 bridgehead atoms. The average molecular weight is 325 g/mol. The predicted molar refractivity (Wildman–Crippen MR) is 92.7 cm³/mol. The Kier molecular flexibility index (Phi) is 4.33. The Morgan fingerprint density at radius 1 is 1.25 bits per heavy atom. The molecule has 0 spiro atoms. The monoisotopic (exact) mass is 325 g/mol. The van der Waals surface area contributed by atoms with E-state index in [1.54, 1.807) is 25.4 Å². The molecular weight excluding hydrogens is 306 g/mol. The number of hydrogen-bond donors (Lipinski definition) is 2. The number of methoxy groups -OCH3 is 1. The van der Waals surface area contributed by atoms with Crippen molar-refractivity contribution < 1.29 is 9.26 Å². The fourth-order valence-electron chi connectivity index (χ4n) is 2.30. The molecule has 124 valence electrons. The van der Waals surface area contributed by atoms with Gasteiger partial charge in [0, 0.05) is 17.8 Å². The summed E-state index contributed by atoms with van der Waals surface area (Å²) in [6.45, 7) is 4.11. The summed E-state index contributed by atoms with van der Waals surface area (Å²) in [4.78, 5) is 8.63. The van der Waals surface area contributed by atoms with Crippen molar-refractivity contribution in [3.63, 3.8) is 0 Å². The van der Waals surface area contributed by atoms with Crippen LogP contribution in [0.3, 0.4) is 0 Å². The summed E-state index contributed by atoms with van der Waals surface area (Å²) >= 11 is 0. The number of anilines is 2. The zero-order chi connectivity index (χ0) is 17.1. The molecule has 7 heteroatoms. The number of nitrogens with zero attached hydrogens (tertiary/aromatic N) is 3. The second-order valence-corrected chi connectivity index (χ2v) is 5.58. The number of ether oxygens (including phenoxy) is 1. The van der Waals surface area contributed by atoms with E-state index < -0.39 is 0 Å². The minimum absolute atomic E-state index is 0.297. The summed E-state index contributed by atoms with van der Waals surface area (Å²) < 4.78 is 10.6. The van der Waals surface area contributed by atoms with E-state index in [0.717, 1.165) is 11.3 Å². The van der Waals surface area contributed by atoms with Gasteiger partial charge in [0.2, 0.25) is 5.82 Å². The first-order valence-corrected chi connectivity index (χ1v) is 7.58. The first kappa shape index (κ1) is 15.8. The summed E-state index contributed by atoms with van der Waals surface area (Å²) in [7, 11) is 1.57. The molecule has 3 N–H and O–H groups in total. The van der Waals surface area contributed by atoms with E-state index in [4.69, 9.17) is 15.0 Å². The van der Waals surface area contributed by atoms with Crippen molar-refractivity contribution >= 4 is 11.4 Å². The highest BCUT2D eigenvalue weighted by molar-refractivity contribution is 5.74. The van der Waals surface area contributed by atoms with Gasteiger partial charge in [-0.25, -0.2) is 4.98 Å². The fraction of sp³-hybridized carbons (Fsp3) is 0.235. The number of pyridine rings is 1. The molecule has 24 heavy (non-hydrogen) atoms. The highest BCUT2D eigenvalue weighted by Crippen LogP contribution is 2.30. The van der Waals surface area contributed by atoms with Crippen LogP contribution in [0.4, 0.5) is 11.4 Å². The van der Waals surface area contributed by atoms with Crippen LogP contribution in [-0.2, 0) is 0 Å². The van der Waals surface area contributed by atoms with Gasteiger partial charge in [-0.05, 0) is 44.2 Å². The average Bonchev–Trinajstić information content (AvgIpc) is 3.06. The molecule has 0 aliphatic rings. The lowest BCUT2D eigenvalue weighted by atomic mass is 10.1. The summed E-state index contributed by atoms with van der Waals surface area (Å²) in [5.74, 6) is 1.31. The van der Waals surface area contributed by atoms with Gasteiger partial charge < -0.3 is 20.3 Å². The zero-order valence-corrected chi connectivity index (χ0v) is 13.8. The third kappa shape index (κ3) is 3.15. The molecule has 0 fully saturated rings. The molecule has 1 aromatic carbocycles. The van der Waals surface area contributed by atoms with E-state index in [1.807, 2.05) is 18.2 Å². The standard InChI is InChI=1S/C17H19N5O2/c1-10(2)20-13-7-6-11(9-12(13)18)16-21-17(24-22-16)15-14(23-3)5-4-8-19-15/h4-10,20H,18H2,1-3H3. The van der Waals surface area contributed by atoms with E-state index in [9.17, 15) is 0 Å². The van der Waals surface area contributed by atoms with E-state index in [2.05, 4.69) is 34.3 Å². The quantitative estimate of drug-likeness (QED) is 0.695. The molecule has 2 aromatic heterocycles. The van der Waals surface area contributed by atoms with Crippen LogP contribution in [0.2, 0.25) is 0 Å². The molecule has 3 aromatic rings. The zero-order valence-electron chi connectivity index (χ0n) is 13.8. The second kappa shape index (κ2) is 6.57. The molecule has 0 saturated carbocycles. The van der Waals surface area contributed by atoms with Gasteiger partial charge in [-0.3, -0.25) is 0 Å². The van der Waals surface area contributed by atoms with Gasteiger partial charge in [0.05, 0.1) is 18.5 Å². The maximum Gasteiger partial charge on any atom is 0.280 e. The van der Waals surface area contributed by atoms with Crippen molar-refractivity contribution in [1.82, 2.24) is 15.1 Å². The smallest absolute Gasteiger partial charge is 0.280 e. The van der Waals surface area contributed by atoms with Gasteiger partial charge in [-0.2, -0.15) is 4.98 Å². The maximum absolute atomic E-state index is 6.09. The molecule has 2 heterocycles. The molecule has 0 aliphatic carbocycles. The number of rotatable bonds is 5. The normalized spacial score (nSPS) is 10.8. The molecule has 3 rings (SSSR count). The first-order chi connectivity index (χ1) is 11.6. The van der Waals surface area contributed by atoms with Crippen LogP contribution in [-0.4, -0.2) is 28.3 Å². The third-order valence-electron chi connectivity index (χ3n) is 3.37. The molecule has 7 nitrogen and oxygen atoms in total. The lowest BCUT2D eigenvalue weighted by Gasteiger charge is -2.12. The molecule has 0 unspecified atom stereocenters. The van der Waals surface area contributed by atoms with E-state index in [0.29, 0.717) is 34.9 Å². The summed E-state index contributed by atoms with van der Waals surface area (Å²) in [5, 5.41) is 7.29. The van der Waals surface area contributed by atoms with Gasteiger partial charge in [0.1, 0.15) is 5.75 Å². The Bertz CT molecular complexity index is 845. The van der Waals surface area contributed by atoms with Gasteiger partial charge in [0.15, 0.2) is 5.69 Å². The van der Waals surface area contributed by atoms with Crippen LogP contribution < -0.4 is 15.8 Å². The Labute approximate surface area is 139 Å². The number of hydrogen-bond acceptors (Lipinski definition) is 7. The maximum atomic E-state index is 6.09. The lowest BCUT2D eigenvalue weighted by Crippen LogP contribution is -2.11. The summed E-state index contributed by atoms with van der Waals surface area (Å²) in [6, 6.07) is 9.48. The molecule has 0 radical (unpaired) electrons. The SMILES string of the molecule is COc1cccnc1-c1nc(-c2ccc(NC(C)C)c(N)c2)no1. The highest BCUT2D eigenvalue weighted by atomic mass is 16.5. The molecule has 0 saturated heterocycles. The van der Waals surface area contributed by atoms with Crippen LogP contribution >= 0.6 is 0 Å².